The molecule has 3 rings (SSSR count). The van der Waals surface area contributed by atoms with Crippen molar-refractivity contribution in [2.24, 2.45) is 5.10 Å². The maximum atomic E-state index is 12.8. The number of rotatable bonds is 8. The fraction of sp³-hybridized carbons (Fsp3) is 0.160. The van der Waals surface area contributed by atoms with Gasteiger partial charge in [0.15, 0.2) is 11.5 Å². The van der Waals surface area contributed by atoms with Gasteiger partial charge in [0.25, 0.3) is 5.91 Å². The molecule has 0 fully saturated rings. The molecule has 0 saturated carbocycles. The molecule has 1 N–H and O–H groups in total. The lowest BCUT2D eigenvalue weighted by atomic mass is 10.1. The van der Waals surface area contributed by atoms with Crippen LogP contribution in [0.5, 0.6) is 23.0 Å². The van der Waals surface area contributed by atoms with Crippen LogP contribution in [0.3, 0.4) is 0 Å². The number of nitrogens with zero attached hydrogens (tertiary/aromatic N) is 1. The summed E-state index contributed by atoms with van der Waals surface area (Å²) >= 11 is 6.07. The first kappa shape index (κ1) is 24.6. The Labute approximate surface area is 202 Å². The highest BCUT2D eigenvalue weighted by atomic mass is 35.5. The van der Waals surface area contributed by atoms with E-state index in [1.54, 1.807) is 42.5 Å². The van der Waals surface area contributed by atoms with Gasteiger partial charge in [0.1, 0.15) is 5.75 Å². The SMILES string of the molecule is COc1cc(C(=O)Oc2ccccc2C=NNC(=O)c2ccc(C)c(Cl)c2)cc(OC)c1OC. The average Bonchev–Trinajstić information content (AvgIpc) is 2.85. The number of hydrazone groups is 1. The monoisotopic (exact) mass is 482 g/mol. The number of nitrogens with one attached hydrogen (secondary N) is 1. The number of halogens is 1. The third-order valence-electron chi connectivity index (χ3n) is 4.83. The highest BCUT2D eigenvalue weighted by Crippen LogP contribution is 2.38. The molecule has 0 spiro atoms. The molecule has 8 nitrogen and oxygen atoms in total. The number of aryl methyl sites for hydroxylation is 1. The number of para-hydroxylation sites is 1. The molecule has 0 bridgehead atoms. The molecule has 0 heterocycles. The normalized spacial score (nSPS) is 10.6. The van der Waals surface area contributed by atoms with Crippen molar-refractivity contribution in [2.45, 2.75) is 6.92 Å². The molecule has 34 heavy (non-hydrogen) atoms. The topological polar surface area (TPSA) is 95.5 Å². The standard InChI is InChI=1S/C25H23ClN2O6/c1-15-9-10-16(11-19(15)26)24(29)28-27-14-17-7-5-6-8-20(17)34-25(30)18-12-21(31-2)23(33-4)22(13-18)32-3/h5-14H,1-4H3,(H,28,29). The molecule has 0 saturated heterocycles. The zero-order valence-electron chi connectivity index (χ0n) is 19.0. The van der Waals surface area contributed by atoms with E-state index in [-0.39, 0.29) is 11.3 Å². The Balaban J connectivity index is 1.77. The second-order valence-corrected chi connectivity index (χ2v) is 7.41. The van der Waals surface area contributed by atoms with Crippen molar-refractivity contribution < 1.29 is 28.5 Å². The summed E-state index contributed by atoms with van der Waals surface area (Å²) in [4.78, 5) is 25.1. The van der Waals surface area contributed by atoms with Gasteiger partial charge >= 0.3 is 5.97 Å². The highest BCUT2D eigenvalue weighted by molar-refractivity contribution is 6.31. The number of benzene rings is 3. The molecular weight excluding hydrogens is 460 g/mol. The van der Waals surface area contributed by atoms with Crippen LogP contribution in [0.1, 0.15) is 31.8 Å². The smallest absolute Gasteiger partial charge is 0.343 e. The quantitative estimate of drug-likeness (QED) is 0.217. The second kappa shape index (κ2) is 11.2. The van der Waals surface area contributed by atoms with Crippen molar-refractivity contribution in [3.05, 3.63) is 81.9 Å². The van der Waals surface area contributed by atoms with E-state index in [0.29, 0.717) is 33.4 Å². The molecule has 0 aliphatic rings. The maximum absolute atomic E-state index is 12.8. The van der Waals surface area contributed by atoms with E-state index < -0.39 is 11.9 Å². The van der Waals surface area contributed by atoms with E-state index in [1.165, 1.54) is 39.7 Å². The summed E-state index contributed by atoms with van der Waals surface area (Å²) in [6, 6.07) is 14.7. The fourth-order valence-corrected chi connectivity index (χ4v) is 3.18. The number of ether oxygens (including phenoxy) is 4. The fourth-order valence-electron chi connectivity index (χ4n) is 3.00. The molecule has 0 radical (unpaired) electrons. The Morgan fingerprint density at radius 2 is 1.56 bits per heavy atom. The third-order valence-corrected chi connectivity index (χ3v) is 5.23. The van der Waals surface area contributed by atoms with E-state index in [0.717, 1.165) is 5.56 Å². The number of methoxy groups -OCH3 is 3. The van der Waals surface area contributed by atoms with Crippen molar-refractivity contribution in [1.29, 1.82) is 0 Å². The molecule has 0 aromatic heterocycles. The van der Waals surface area contributed by atoms with Gasteiger partial charge in [-0.05, 0) is 48.9 Å². The molecule has 1 amide bonds. The van der Waals surface area contributed by atoms with E-state index in [1.807, 2.05) is 6.92 Å². The molecule has 0 unspecified atom stereocenters. The first-order valence-electron chi connectivity index (χ1n) is 10.1. The van der Waals surface area contributed by atoms with Gasteiger partial charge in [0.05, 0.1) is 33.1 Å². The van der Waals surface area contributed by atoms with E-state index in [9.17, 15) is 9.59 Å². The lowest BCUT2D eigenvalue weighted by Crippen LogP contribution is -2.17. The van der Waals surface area contributed by atoms with E-state index >= 15 is 0 Å². The Kier molecular flexibility index (Phi) is 8.10. The van der Waals surface area contributed by atoms with Crippen LogP contribution in [0.2, 0.25) is 5.02 Å². The van der Waals surface area contributed by atoms with Crippen LogP contribution in [-0.4, -0.2) is 39.4 Å². The minimum atomic E-state index is -0.640. The van der Waals surface area contributed by atoms with Gasteiger partial charge in [-0.2, -0.15) is 5.10 Å². The lowest BCUT2D eigenvalue weighted by molar-refractivity contribution is 0.0733. The molecule has 3 aromatic rings. The maximum Gasteiger partial charge on any atom is 0.343 e. The van der Waals surface area contributed by atoms with Crippen molar-refractivity contribution in [2.75, 3.05) is 21.3 Å². The van der Waals surface area contributed by atoms with Gasteiger partial charge in [-0.25, -0.2) is 10.2 Å². The predicted molar refractivity (Wildman–Crippen MR) is 129 cm³/mol. The Morgan fingerprint density at radius 3 is 2.18 bits per heavy atom. The van der Waals surface area contributed by atoms with E-state index in [4.69, 9.17) is 30.5 Å². The summed E-state index contributed by atoms with van der Waals surface area (Å²) in [7, 11) is 4.38. The first-order valence-corrected chi connectivity index (χ1v) is 10.5. The number of hydrogen-bond donors (Lipinski definition) is 1. The van der Waals surface area contributed by atoms with Crippen LogP contribution < -0.4 is 24.4 Å². The minimum absolute atomic E-state index is 0.200. The number of amides is 1. The van der Waals surface area contributed by atoms with Gasteiger partial charge in [0, 0.05) is 16.1 Å². The summed E-state index contributed by atoms with van der Waals surface area (Å²) in [5.74, 6) is 0.186. The van der Waals surface area contributed by atoms with Crippen molar-refractivity contribution in [1.82, 2.24) is 5.43 Å². The predicted octanol–water partition coefficient (Wildman–Crippen LogP) is 4.66. The van der Waals surface area contributed by atoms with Gasteiger partial charge in [-0.3, -0.25) is 4.79 Å². The van der Waals surface area contributed by atoms with Crippen molar-refractivity contribution in [3.63, 3.8) is 0 Å². The molecular formula is C25H23ClN2O6. The molecule has 0 aliphatic heterocycles. The van der Waals surface area contributed by atoms with E-state index in [2.05, 4.69) is 10.5 Å². The molecule has 3 aromatic carbocycles. The van der Waals surface area contributed by atoms with Crippen LogP contribution in [0.4, 0.5) is 0 Å². The summed E-state index contributed by atoms with van der Waals surface area (Å²) in [5, 5.41) is 4.46. The largest absolute Gasteiger partial charge is 0.493 e. The van der Waals surface area contributed by atoms with Crippen LogP contribution in [-0.2, 0) is 0 Å². The average molecular weight is 483 g/mol. The lowest BCUT2D eigenvalue weighted by Gasteiger charge is -2.14. The number of esters is 1. The van der Waals surface area contributed by atoms with Crippen LogP contribution in [0.25, 0.3) is 0 Å². The van der Waals surface area contributed by atoms with Crippen molar-refractivity contribution >= 4 is 29.7 Å². The van der Waals surface area contributed by atoms with Crippen LogP contribution in [0, 0.1) is 6.92 Å². The van der Waals surface area contributed by atoms with Crippen molar-refractivity contribution in [3.8, 4) is 23.0 Å². The molecule has 9 heteroatoms. The molecule has 0 aliphatic carbocycles. The summed E-state index contributed by atoms with van der Waals surface area (Å²) in [6.45, 7) is 1.85. The zero-order valence-corrected chi connectivity index (χ0v) is 19.8. The van der Waals surface area contributed by atoms with Crippen LogP contribution >= 0.6 is 11.6 Å². The summed E-state index contributed by atoms with van der Waals surface area (Å²) in [6.07, 6.45) is 1.38. The Morgan fingerprint density at radius 1 is 0.882 bits per heavy atom. The summed E-state index contributed by atoms with van der Waals surface area (Å²) in [5.41, 5.74) is 4.35. The minimum Gasteiger partial charge on any atom is -0.493 e. The zero-order chi connectivity index (χ0) is 24.7. The number of carbonyl (C=O) groups is 2. The first-order chi connectivity index (χ1) is 16.4. The summed E-state index contributed by atoms with van der Waals surface area (Å²) < 4.78 is 21.4. The van der Waals surface area contributed by atoms with Crippen LogP contribution in [0.15, 0.2) is 59.7 Å². The number of carbonyl (C=O) groups excluding carboxylic acids is 2. The third kappa shape index (κ3) is 5.65. The van der Waals surface area contributed by atoms with Gasteiger partial charge < -0.3 is 18.9 Å². The highest BCUT2D eigenvalue weighted by Gasteiger charge is 2.19. The Bertz CT molecular complexity index is 1220. The number of hydrogen-bond acceptors (Lipinski definition) is 7. The van der Waals surface area contributed by atoms with Gasteiger partial charge in [-0.15, -0.1) is 0 Å². The van der Waals surface area contributed by atoms with Gasteiger partial charge in [-0.1, -0.05) is 29.8 Å². The second-order valence-electron chi connectivity index (χ2n) is 7.00. The Hall–Kier alpha value is -4.04. The van der Waals surface area contributed by atoms with Gasteiger partial charge in [0.2, 0.25) is 5.75 Å². The molecule has 176 valence electrons. The molecule has 0 atom stereocenters.